The first-order chi connectivity index (χ1) is 14.6. The summed E-state index contributed by atoms with van der Waals surface area (Å²) in [6.45, 7) is 1.71. The molecule has 5 rings (SSSR count). The van der Waals surface area contributed by atoms with E-state index in [2.05, 4.69) is 14.9 Å². The van der Waals surface area contributed by atoms with Crippen molar-refractivity contribution in [2.24, 2.45) is 0 Å². The highest BCUT2D eigenvalue weighted by Gasteiger charge is 2.38. The van der Waals surface area contributed by atoms with E-state index in [0.717, 1.165) is 43.4 Å². The molecule has 1 aliphatic heterocycles. The lowest BCUT2D eigenvalue weighted by Crippen LogP contribution is -2.57. The molecule has 1 aromatic carbocycles. The highest BCUT2D eigenvalue weighted by atomic mass is 19.1. The van der Waals surface area contributed by atoms with Crippen molar-refractivity contribution in [1.82, 2.24) is 14.9 Å². The Balaban J connectivity index is 1.20. The minimum atomic E-state index is -0.396. The first kappa shape index (κ1) is 18.8. The monoisotopic (exact) mass is 404 g/mol. The summed E-state index contributed by atoms with van der Waals surface area (Å²) >= 11 is 0. The topological polar surface area (TPSA) is 82.0 Å². The van der Waals surface area contributed by atoms with Crippen LogP contribution in [0.3, 0.4) is 0 Å². The van der Waals surface area contributed by atoms with Gasteiger partial charge in [0.1, 0.15) is 18.0 Å². The van der Waals surface area contributed by atoms with Gasteiger partial charge in [-0.2, -0.15) is 5.26 Å². The van der Waals surface area contributed by atoms with E-state index in [1.807, 2.05) is 12.1 Å². The Hall–Kier alpha value is -3.24. The third kappa shape index (κ3) is 3.55. The van der Waals surface area contributed by atoms with Crippen LogP contribution in [-0.2, 0) is 0 Å². The number of nitrogens with zero attached hydrogens (tertiary/aromatic N) is 3. The number of benzene rings is 1. The summed E-state index contributed by atoms with van der Waals surface area (Å²) < 4.78 is 19.3. The van der Waals surface area contributed by atoms with Crippen molar-refractivity contribution < 1.29 is 9.13 Å². The van der Waals surface area contributed by atoms with E-state index in [1.54, 1.807) is 18.2 Å². The Morgan fingerprint density at radius 2 is 2.07 bits per heavy atom. The molecule has 0 radical (unpaired) electrons. The average Bonchev–Trinajstić information content (AvgIpc) is 3.21. The molecule has 7 heteroatoms. The van der Waals surface area contributed by atoms with E-state index in [1.165, 1.54) is 18.3 Å². The molecule has 3 aromatic rings. The zero-order chi connectivity index (χ0) is 20.7. The van der Waals surface area contributed by atoms with Gasteiger partial charge in [-0.25, -0.2) is 9.37 Å². The van der Waals surface area contributed by atoms with Crippen LogP contribution in [0.1, 0.15) is 36.4 Å². The summed E-state index contributed by atoms with van der Waals surface area (Å²) in [5, 5.41) is 10.0. The molecule has 1 saturated carbocycles. The number of halogens is 1. The second kappa shape index (κ2) is 7.54. The second-order valence-electron chi connectivity index (χ2n) is 8.14. The molecule has 1 saturated heterocycles. The number of nitrogens with one attached hydrogen (secondary N) is 1. The molecule has 0 spiro atoms. The molecule has 0 amide bonds. The third-order valence-electron chi connectivity index (χ3n) is 6.22. The lowest BCUT2D eigenvalue weighted by molar-refractivity contribution is -0.0100. The Kier molecular flexibility index (Phi) is 4.72. The van der Waals surface area contributed by atoms with E-state index in [0.29, 0.717) is 28.8 Å². The highest BCUT2D eigenvalue weighted by molar-refractivity contribution is 5.81. The summed E-state index contributed by atoms with van der Waals surface area (Å²) in [6.07, 6.45) is 4.72. The lowest BCUT2D eigenvalue weighted by Gasteiger charge is -2.42. The number of fused-ring (bicyclic) bond motifs is 1. The molecular formula is C23H21FN4O2. The summed E-state index contributed by atoms with van der Waals surface area (Å²) in [7, 11) is 0. The number of rotatable bonds is 4. The van der Waals surface area contributed by atoms with Gasteiger partial charge >= 0.3 is 0 Å². The summed E-state index contributed by atoms with van der Waals surface area (Å²) in [6, 6.07) is 12.3. The Morgan fingerprint density at radius 3 is 2.83 bits per heavy atom. The van der Waals surface area contributed by atoms with E-state index in [-0.39, 0.29) is 11.7 Å². The van der Waals surface area contributed by atoms with Gasteiger partial charge in [0.2, 0.25) is 5.88 Å². The maximum absolute atomic E-state index is 13.4. The molecule has 1 aliphatic carbocycles. The molecular weight excluding hydrogens is 383 g/mol. The zero-order valence-electron chi connectivity index (χ0n) is 16.3. The van der Waals surface area contributed by atoms with Crippen LogP contribution in [-0.4, -0.2) is 40.1 Å². The molecule has 2 atom stereocenters. The molecule has 0 bridgehead atoms. The van der Waals surface area contributed by atoms with Crippen molar-refractivity contribution in [3.8, 4) is 11.9 Å². The number of ether oxygens (including phenoxy) is 1. The molecule has 3 heterocycles. The second-order valence-corrected chi connectivity index (χ2v) is 8.14. The number of aromatic nitrogens is 2. The third-order valence-corrected chi connectivity index (χ3v) is 6.22. The molecule has 2 fully saturated rings. The minimum absolute atomic E-state index is 0.111. The van der Waals surface area contributed by atoms with Gasteiger partial charge < -0.3 is 9.72 Å². The standard InChI is InChI=1S/C23H21FN4O2/c24-17-4-2-15-8-21(27-23(29)20(15)9-17)16-3-5-18(7-16)28-12-19(13-28)30-22-6-1-14(10-25)11-26-22/h1-2,4,6,8-9,11,16,18-19H,3,5,7,12-13H2,(H,27,29)/t16-,18+/m1/s1. The van der Waals surface area contributed by atoms with E-state index in [4.69, 9.17) is 10.00 Å². The van der Waals surface area contributed by atoms with Crippen molar-refractivity contribution in [2.45, 2.75) is 37.3 Å². The van der Waals surface area contributed by atoms with Crippen LogP contribution < -0.4 is 10.3 Å². The molecule has 0 unspecified atom stereocenters. The molecule has 30 heavy (non-hydrogen) atoms. The quantitative estimate of drug-likeness (QED) is 0.721. The van der Waals surface area contributed by atoms with E-state index >= 15 is 0 Å². The van der Waals surface area contributed by atoms with Gasteiger partial charge in [0.15, 0.2) is 0 Å². The zero-order valence-corrected chi connectivity index (χ0v) is 16.3. The van der Waals surface area contributed by atoms with Crippen LogP contribution in [0.5, 0.6) is 5.88 Å². The van der Waals surface area contributed by atoms with Gasteiger partial charge in [-0.05, 0) is 48.9 Å². The number of likely N-dealkylation sites (tertiary alicyclic amines) is 1. The molecule has 2 aliphatic rings. The van der Waals surface area contributed by atoms with Crippen LogP contribution in [0.2, 0.25) is 0 Å². The molecule has 2 aromatic heterocycles. The van der Waals surface area contributed by atoms with Crippen LogP contribution in [0.25, 0.3) is 10.8 Å². The summed E-state index contributed by atoms with van der Waals surface area (Å²) in [4.78, 5) is 21.9. The summed E-state index contributed by atoms with van der Waals surface area (Å²) in [5.41, 5.74) is 1.24. The lowest BCUT2D eigenvalue weighted by atomic mass is 9.99. The fraction of sp³-hybridized carbons (Fsp3) is 0.348. The van der Waals surface area contributed by atoms with Crippen molar-refractivity contribution in [3.05, 3.63) is 70.0 Å². The number of nitriles is 1. The largest absolute Gasteiger partial charge is 0.472 e. The number of hydrogen-bond acceptors (Lipinski definition) is 5. The fourth-order valence-corrected chi connectivity index (χ4v) is 4.57. The van der Waals surface area contributed by atoms with Gasteiger partial charge in [-0.1, -0.05) is 6.07 Å². The SMILES string of the molecule is N#Cc1ccc(OC2CN([C@H]3CC[C@@H](c4cc5ccc(F)cc5c(=O)[nH]4)C3)C2)nc1. The molecule has 152 valence electrons. The Labute approximate surface area is 172 Å². The van der Waals surface area contributed by atoms with Gasteiger partial charge in [0.05, 0.1) is 5.56 Å². The predicted molar refractivity (Wildman–Crippen MR) is 110 cm³/mol. The maximum Gasteiger partial charge on any atom is 0.256 e. The maximum atomic E-state index is 13.4. The Morgan fingerprint density at radius 1 is 1.20 bits per heavy atom. The number of aromatic amines is 1. The highest BCUT2D eigenvalue weighted by Crippen LogP contribution is 2.38. The smallest absolute Gasteiger partial charge is 0.256 e. The van der Waals surface area contributed by atoms with Crippen LogP contribution >= 0.6 is 0 Å². The summed E-state index contributed by atoms with van der Waals surface area (Å²) in [5.74, 6) is 0.456. The number of pyridine rings is 2. The van der Waals surface area contributed by atoms with Crippen molar-refractivity contribution in [3.63, 3.8) is 0 Å². The molecule has 1 N–H and O–H groups in total. The number of H-pyrrole nitrogens is 1. The Bertz CT molecular complexity index is 1180. The van der Waals surface area contributed by atoms with Crippen LogP contribution in [0.4, 0.5) is 4.39 Å². The van der Waals surface area contributed by atoms with Crippen molar-refractivity contribution in [2.75, 3.05) is 13.1 Å². The number of hydrogen-bond donors (Lipinski definition) is 1. The average molecular weight is 404 g/mol. The van der Waals surface area contributed by atoms with Gasteiger partial charge in [-0.15, -0.1) is 0 Å². The van der Waals surface area contributed by atoms with Gasteiger partial charge in [0, 0.05) is 48.4 Å². The van der Waals surface area contributed by atoms with Gasteiger partial charge in [-0.3, -0.25) is 9.69 Å². The van der Waals surface area contributed by atoms with Crippen LogP contribution in [0.15, 0.2) is 47.4 Å². The van der Waals surface area contributed by atoms with Crippen molar-refractivity contribution in [1.29, 1.82) is 5.26 Å². The van der Waals surface area contributed by atoms with Crippen molar-refractivity contribution >= 4 is 10.8 Å². The van der Waals surface area contributed by atoms with E-state index < -0.39 is 5.82 Å². The first-order valence-electron chi connectivity index (χ1n) is 10.2. The predicted octanol–water partition coefficient (Wildman–Crippen LogP) is 3.33. The normalized spacial score (nSPS) is 22.0. The van der Waals surface area contributed by atoms with E-state index in [9.17, 15) is 9.18 Å². The fourth-order valence-electron chi connectivity index (χ4n) is 4.57. The van der Waals surface area contributed by atoms with Crippen LogP contribution in [0, 0.1) is 17.1 Å². The first-order valence-corrected chi connectivity index (χ1v) is 10.2. The minimum Gasteiger partial charge on any atom is -0.472 e. The molecule has 6 nitrogen and oxygen atoms in total. The van der Waals surface area contributed by atoms with Gasteiger partial charge in [0.25, 0.3) is 5.56 Å².